The van der Waals surface area contributed by atoms with E-state index in [0.717, 1.165) is 29.4 Å². The third-order valence-corrected chi connectivity index (χ3v) is 3.42. The molecule has 0 aliphatic carbocycles. The van der Waals surface area contributed by atoms with Gasteiger partial charge in [0.15, 0.2) is 0 Å². The Morgan fingerprint density at radius 1 is 1.44 bits per heavy atom. The fraction of sp³-hybridized carbons (Fsp3) is 0.364. The maximum atomic E-state index is 10.5. The van der Waals surface area contributed by atoms with Crippen molar-refractivity contribution in [1.29, 1.82) is 0 Å². The standard InChI is InChI=1S/C11H14N4O2S/c16-11(17)7-9-1-2-10(18-9)8-12-3-5-15-6-4-13-14-15/h1-2,4,6,12H,3,5,7-8H2,(H,16,17). The van der Waals surface area contributed by atoms with Crippen molar-refractivity contribution in [1.82, 2.24) is 20.3 Å². The molecule has 0 saturated carbocycles. The fourth-order valence-electron chi connectivity index (χ4n) is 1.52. The molecule has 0 bridgehead atoms. The molecule has 0 fully saturated rings. The van der Waals surface area contributed by atoms with Gasteiger partial charge in [-0.1, -0.05) is 5.21 Å². The van der Waals surface area contributed by atoms with E-state index >= 15 is 0 Å². The van der Waals surface area contributed by atoms with Gasteiger partial charge in [-0.05, 0) is 12.1 Å². The van der Waals surface area contributed by atoms with Crippen LogP contribution in [0, 0.1) is 0 Å². The quantitative estimate of drug-likeness (QED) is 0.723. The van der Waals surface area contributed by atoms with Crippen molar-refractivity contribution in [2.24, 2.45) is 0 Å². The van der Waals surface area contributed by atoms with Crippen LogP contribution in [-0.2, 0) is 24.3 Å². The summed E-state index contributed by atoms with van der Waals surface area (Å²) in [5.41, 5.74) is 0. The minimum atomic E-state index is -0.789. The minimum absolute atomic E-state index is 0.101. The molecule has 2 rings (SSSR count). The summed E-state index contributed by atoms with van der Waals surface area (Å²) in [7, 11) is 0. The van der Waals surface area contributed by atoms with E-state index in [1.807, 2.05) is 18.3 Å². The highest BCUT2D eigenvalue weighted by atomic mass is 32.1. The van der Waals surface area contributed by atoms with Gasteiger partial charge in [-0.25, -0.2) is 0 Å². The van der Waals surface area contributed by atoms with Crippen LogP contribution in [0.4, 0.5) is 0 Å². The average molecular weight is 266 g/mol. The number of rotatable bonds is 7. The summed E-state index contributed by atoms with van der Waals surface area (Å²) in [5.74, 6) is -0.789. The molecule has 2 aromatic heterocycles. The second kappa shape index (κ2) is 6.27. The topological polar surface area (TPSA) is 80.0 Å². The Balaban J connectivity index is 1.70. The first-order valence-corrected chi connectivity index (χ1v) is 6.40. The lowest BCUT2D eigenvalue weighted by atomic mass is 10.3. The number of hydrogen-bond acceptors (Lipinski definition) is 5. The van der Waals surface area contributed by atoms with Gasteiger partial charge in [0.1, 0.15) is 0 Å². The lowest BCUT2D eigenvalue weighted by molar-refractivity contribution is -0.136. The molecular weight excluding hydrogens is 252 g/mol. The number of nitrogens with one attached hydrogen (secondary N) is 1. The van der Waals surface area contributed by atoms with Gasteiger partial charge in [-0.3, -0.25) is 9.48 Å². The molecule has 7 heteroatoms. The van der Waals surface area contributed by atoms with E-state index < -0.39 is 5.97 Å². The maximum Gasteiger partial charge on any atom is 0.308 e. The molecule has 2 heterocycles. The Morgan fingerprint density at radius 3 is 3.00 bits per heavy atom. The number of aromatic nitrogens is 3. The Morgan fingerprint density at radius 2 is 2.28 bits per heavy atom. The number of carbonyl (C=O) groups is 1. The van der Waals surface area contributed by atoms with Gasteiger partial charge in [0.05, 0.1) is 19.2 Å². The smallest absolute Gasteiger partial charge is 0.308 e. The van der Waals surface area contributed by atoms with E-state index in [4.69, 9.17) is 5.11 Å². The van der Waals surface area contributed by atoms with Crippen LogP contribution >= 0.6 is 11.3 Å². The first-order chi connectivity index (χ1) is 8.74. The Labute approximate surface area is 108 Å². The molecule has 2 N–H and O–H groups in total. The molecule has 0 spiro atoms. The van der Waals surface area contributed by atoms with Gasteiger partial charge in [0.25, 0.3) is 0 Å². The Hall–Kier alpha value is -1.73. The second-order valence-corrected chi connectivity index (χ2v) is 5.03. The van der Waals surface area contributed by atoms with E-state index in [0.29, 0.717) is 0 Å². The van der Waals surface area contributed by atoms with Crippen LogP contribution in [0.3, 0.4) is 0 Å². The lowest BCUT2D eigenvalue weighted by Gasteiger charge is -2.02. The molecule has 0 aliphatic rings. The van der Waals surface area contributed by atoms with E-state index in [-0.39, 0.29) is 6.42 Å². The zero-order valence-corrected chi connectivity index (χ0v) is 10.6. The van der Waals surface area contributed by atoms with Crippen molar-refractivity contribution < 1.29 is 9.90 Å². The monoisotopic (exact) mass is 266 g/mol. The van der Waals surface area contributed by atoms with Crippen molar-refractivity contribution in [2.75, 3.05) is 6.54 Å². The van der Waals surface area contributed by atoms with Crippen molar-refractivity contribution in [2.45, 2.75) is 19.5 Å². The van der Waals surface area contributed by atoms with Crippen molar-refractivity contribution >= 4 is 17.3 Å². The molecular formula is C11H14N4O2S. The molecule has 0 unspecified atom stereocenters. The van der Waals surface area contributed by atoms with Gasteiger partial charge in [-0.2, -0.15) is 0 Å². The van der Waals surface area contributed by atoms with Gasteiger partial charge in [0, 0.05) is 29.0 Å². The van der Waals surface area contributed by atoms with Crippen molar-refractivity contribution in [3.05, 3.63) is 34.3 Å². The fourth-order valence-corrected chi connectivity index (χ4v) is 2.50. The number of aliphatic carboxylic acids is 1. The number of thiophene rings is 1. The van der Waals surface area contributed by atoms with Crippen molar-refractivity contribution in [3.63, 3.8) is 0 Å². The predicted molar refractivity (Wildman–Crippen MR) is 67.4 cm³/mol. The van der Waals surface area contributed by atoms with E-state index in [9.17, 15) is 4.79 Å². The normalized spacial score (nSPS) is 10.7. The maximum absolute atomic E-state index is 10.5. The third-order valence-electron chi connectivity index (χ3n) is 2.33. The summed E-state index contributed by atoms with van der Waals surface area (Å²) in [4.78, 5) is 12.6. The van der Waals surface area contributed by atoms with Gasteiger partial charge in [0.2, 0.25) is 0 Å². The number of hydrogen-bond donors (Lipinski definition) is 2. The Bertz CT molecular complexity index is 495. The number of carboxylic acids is 1. The molecule has 0 saturated heterocycles. The van der Waals surface area contributed by atoms with Gasteiger partial charge < -0.3 is 10.4 Å². The molecule has 0 radical (unpaired) electrons. The largest absolute Gasteiger partial charge is 0.481 e. The third kappa shape index (κ3) is 3.94. The second-order valence-electron chi connectivity index (χ2n) is 3.78. The highest BCUT2D eigenvalue weighted by Crippen LogP contribution is 2.16. The summed E-state index contributed by atoms with van der Waals surface area (Å²) in [5, 5.41) is 19.5. The SMILES string of the molecule is O=C(O)Cc1ccc(CNCCn2ccnn2)s1. The Kier molecular flexibility index (Phi) is 4.43. The summed E-state index contributed by atoms with van der Waals surface area (Å²) in [6.07, 6.45) is 3.57. The van der Waals surface area contributed by atoms with Crippen LogP contribution in [0.2, 0.25) is 0 Å². The van der Waals surface area contributed by atoms with Crippen LogP contribution in [-0.4, -0.2) is 32.6 Å². The minimum Gasteiger partial charge on any atom is -0.481 e. The molecule has 6 nitrogen and oxygen atoms in total. The highest BCUT2D eigenvalue weighted by molar-refractivity contribution is 7.12. The van der Waals surface area contributed by atoms with Crippen LogP contribution in [0.5, 0.6) is 0 Å². The molecule has 18 heavy (non-hydrogen) atoms. The first-order valence-electron chi connectivity index (χ1n) is 5.58. The molecule has 0 amide bonds. The van der Waals surface area contributed by atoms with Crippen LogP contribution in [0.1, 0.15) is 9.75 Å². The molecule has 2 aromatic rings. The van der Waals surface area contributed by atoms with Gasteiger partial charge >= 0.3 is 5.97 Å². The summed E-state index contributed by atoms with van der Waals surface area (Å²) < 4.78 is 1.76. The van der Waals surface area contributed by atoms with Crippen molar-refractivity contribution in [3.8, 4) is 0 Å². The zero-order valence-electron chi connectivity index (χ0n) is 9.74. The molecule has 0 atom stereocenters. The number of nitrogens with zero attached hydrogens (tertiary/aromatic N) is 3. The molecule has 0 aromatic carbocycles. The van der Waals surface area contributed by atoms with E-state index in [2.05, 4.69) is 15.6 Å². The average Bonchev–Trinajstić information content (AvgIpc) is 2.95. The summed E-state index contributed by atoms with van der Waals surface area (Å²) >= 11 is 1.53. The predicted octanol–water partition coefficient (Wildman–Crippen LogP) is 0.756. The van der Waals surface area contributed by atoms with Crippen LogP contribution in [0.25, 0.3) is 0 Å². The van der Waals surface area contributed by atoms with Crippen LogP contribution < -0.4 is 5.32 Å². The van der Waals surface area contributed by atoms with Gasteiger partial charge in [-0.15, -0.1) is 16.4 Å². The van der Waals surface area contributed by atoms with E-state index in [1.165, 1.54) is 11.3 Å². The zero-order chi connectivity index (χ0) is 12.8. The van der Waals surface area contributed by atoms with E-state index in [1.54, 1.807) is 10.9 Å². The summed E-state index contributed by atoms with van der Waals surface area (Å²) in [6, 6.07) is 3.83. The highest BCUT2D eigenvalue weighted by Gasteiger charge is 2.04. The molecule has 96 valence electrons. The van der Waals surface area contributed by atoms with Crippen LogP contribution in [0.15, 0.2) is 24.5 Å². The molecule has 0 aliphatic heterocycles. The summed E-state index contributed by atoms with van der Waals surface area (Å²) in [6.45, 7) is 2.32. The number of carboxylic acid groups (broad SMARTS) is 1. The lowest BCUT2D eigenvalue weighted by Crippen LogP contribution is -2.19. The first kappa shape index (κ1) is 12.7.